The summed E-state index contributed by atoms with van der Waals surface area (Å²) in [4.78, 5) is 0. The lowest BCUT2D eigenvalue weighted by atomic mass is 10.1. The van der Waals surface area contributed by atoms with E-state index in [1.807, 2.05) is 26.0 Å². The number of aliphatic hydroxyl groups excluding tert-OH is 1. The van der Waals surface area contributed by atoms with E-state index in [0.29, 0.717) is 18.0 Å². The van der Waals surface area contributed by atoms with E-state index in [0.717, 1.165) is 10.0 Å². The molecule has 0 unspecified atom stereocenters. The summed E-state index contributed by atoms with van der Waals surface area (Å²) in [5.41, 5.74) is 0.737. The second-order valence-corrected chi connectivity index (χ2v) is 5.55. The van der Waals surface area contributed by atoms with Crippen molar-refractivity contribution in [2.75, 3.05) is 20.8 Å². The van der Waals surface area contributed by atoms with E-state index < -0.39 is 0 Å². The fraction of sp³-hybridized carbons (Fsp3) is 0.538. The summed E-state index contributed by atoms with van der Waals surface area (Å²) >= 11 is 3.50. The van der Waals surface area contributed by atoms with Crippen LogP contribution in [0.25, 0.3) is 0 Å². The molecule has 1 rings (SSSR count). The Bertz CT molecular complexity index is 407. The second-order valence-electron chi connectivity index (χ2n) is 4.69. The molecule has 0 spiro atoms. The van der Waals surface area contributed by atoms with Crippen molar-refractivity contribution in [3.05, 3.63) is 22.2 Å². The van der Waals surface area contributed by atoms with Crippen molar-refractivity contribution in [1.82, 2.24) is 5.32 Å². The van der Waals surface area contributed by atoms with E-state index in [-0.39, 0.29) is 12.1 Å². The summed E-state index contributed by atoms with van der Waals surface area (Å²) in [6.07, 6.45) is 0. The Labute approximate surface area is 116 Å². The summed E-state index contributed by atoms with van der Waals surface area (Å²) in [5.74, 6) is 1.38. The third-order valence-electron chi connectivity index (χ3n) is 2.71. The minimum absolute atomic E-state index is 0.0813. The van der Waals surface area contributed by atoms with Crippen LogP contribution in [0.3, 0.4) is 0 Å². The lowest BCUT2D eigenvalue weighted by molar-refractivity contribution is 0.187. The number of hydrogen-bond donors (Lipinski definition) is 2. The molecule has 0 fully saturated rings. The Kier molecular flexibility index (Phi) is 5.44. The van der Waals surface area contributed by atoms with Crippen molar-refractivity contribution in [1.29, 1.82) is 0 Å². The maximum atomic E-state index is 9.21. The first-order chi connectivity index (χ1) is 8.43. The molecule has 0 saturated carbocycles. The molecule has 102 valence electrons. The summed E-state index contributed by atoms with van der Waals surface area (Å²) < 4.78 is 11.4. The molecular weight excluding hydrogens is 298 g/mol. The third kappa shape index (κ3) is 3.86. The van der Waals surface area contributed by atoms with Crippen LogP contribution in [0.15, 0.2) is 16.6 Å². The molecule has 0 amide bonds. The average Bonchev–Trinajstić information content (AvgIpc) is 2.36. The molecule has 0 aliphatic carbocycles. The van der Waals surface area contributed by atoms with Crippen LogP contribution >= 0.6 is 15.9 Å². The Balaban J connectivity index is 2.89. The zero-order chi connectivity index (χ0) is 13.8. The fourth-order valence-corrected chi connectivity index (χ4v) is 1.88. The highest BCUT2D eigenvalue weighted by atomic mass is 79.9. The van der Waals surface area contributed by atoms with Crippen molar-refractivity contribution >= 4 is 15.9 Å². The van der Waals surface area contributed by atoms with Crippen LogP contribution in [-0.4, -0.2) is 31.5 Å². The van der Waals surface area contributed by atoms with Gasteiger partial charge in [-0.1, -0.05) is 15.9 Å². The number of methoxy groups -OCH3 is 2. The van der Waals surface area contributed by atoms with Gasteiger partial charge in [-0.2, -0.15) is 0 Å². The molecule has 1 aromatic rings. The van der Waals surface area contributed by atoms with E-state index >= 15 is 0 Å². The van der Waals surface area contributed by atoms with Gasteiger partial charge in [0.15, 0.2) is 11.5 Å². The predicted molar refractivity (Wildman–Crippen MR) is 75.3 cm³/mol. The van der Waals surface area contributed by atoms with Crippen molar-refractivity contribution in [2.24, 2.45) is 0 Å². The number of aliphatic hydroxyl groups is 1. The highest BCUT2D eigenvalue weighted by Gasteiger charge is 2.16. The first-order valence-electron chi connectivity index (χ1n) is 5.70. The van der Waals surface area contributed by atoms with Crippen molar-refractivity contribution in [2.45, 2.75) is 25.9 Å². The standard InChI is InChI=1S/C13H20BrNO3/c1-13(2,8-16)15-7-9-5-11(17-3)12(18-4)6-10(9)14/h5-6,15-16H,7-8H2,1-4H3. The van der Waals surface area contributed by atoms with Crippen molar-refractivity contribution in [3.63, 3.8) is 0 Å². The molecule has 0 aliphatic rings. The Hall–Kier alpha value is -0.780. The van der Waals surface area contributed by atoms with E-state index in [1.165, 1.54) is 0 Å². The van der Waals surface area contributed by atoms with Crippen LogP contribution in [0, 0.1) is 0 Å². The Morgan fingerprint density at radius 1 is 1.22 bits per heavy atom. The zero-order valence-corrected chi connectivity index (χ0v) is 12.8. The summed E-state index contributed by atoms with van der Waals surface area (Å²) in [5, 5.41) is 12.5. The van der Waals surface area contributed by atoms with Gasteiger partial charge >= 0.3 is 0 Å². The van der Waals surface area contributed by atoms with Gasteiger partial charge in [0.25, 0.3) is 0 Å². The van der Waals surface area contributed by atoms with Crippen LogP contribution in [0.2, 0.25) is 0 Å². The van der Waals surface area contributed by atoms with E-state index in [2.05, 4.69) is 21.2 Å². The predicted octanol–water partition coefficient (Wildman–Crippen LogP) is 2.33. The molecule has 0 aromatic heterocycles. The largest absolute Gasteiger partial charge is 0.493 e. The number of hydrogen-bond acceptors (Lipinski definition) is 4. The van der Waals surface area contributed by atoms with Crippen molar-refractivity contribution < 1.29 is 14.6 Å². The summed E-state index contributed by atoms with van der Waals surface area (Å²) in [7, 11) is 3.22. The Morgan fingerprint density at radius 2 is 1.78 bits per heavy atom. The van der Waals surface area contributed by atoms with Crippen LogP contribution in [-0.2, 0) is 6.54 Å². The molecule has 0 aliphatic heterocycles. The monoisotopic (exact) mass is 317 g/mol. The highest BCUT2D eigenvalue weighted by Crippen LogP contribution is 2.33. The average molecular weight is 318 g/mol. The molecule has 4 nitrogen and oxygen atoms in total. The van der Waals surface area contributed by atoms with Gasteiger partial charge in [-0.05, 0) is 31.5 Å². The maximum absolute atomic E-state index is 9.21. The molecule has 2 N–H and O–H groups in total. The maximum Gasteiger partial charge on any atom is 0.161 e. The minimum atomic E-state index is -0.313. The molecular formula is C13H20BrNO3. The van der Waals surface area contributed by atoms with Crippen LogP contribution < -0.4 is 14.8 Å². The number of nitrogens with one attached hydrogen (secondary N) is 1. The van der Waals surface area contributed by atoms with Gasteiger partial charge in [0, 0.05) is 16.6 Å². The van der Waals surface area contributed by atoms with Crippen LogP contribution in [0.5, 0.6) is 11.5 Å². The minimum Gasteiger partial charge on any atom is -0.493 e. The van der Waals surface area contributed by atoms with E-state index in [9.17, 15) is 5.11 Å². The zero-order valence-electron chi connectivity index (χ0n) is 11.2. The van der Waals surface area contributed by atoms with Crippen molar-refractivity contribution in [3.8, 4) is 11.5 Å². The molecule has 0 bridgehead atoms. The molecule has 5 heteroatoms. The normalized spacial score (nSPS) is 11.4. The molecule has 18 heavy (non-hydrogen) atoms. The summed E-state index contributed by atoms with van der Waals surface area (Å²) in [6.45, 7) is 4.61. The van der Waals surface area contributed by atoms with Gasteiger partial charge in [0.1, 0.15) is 0 Å². The number of rotatable bonds is 6. The highest BCUT2D eigenvalue weighted by molar-refractivity contribution is 9.10. The van der Waals surface area contributed by atoms with Gasteiger partial charge in [-0.25, -0.2) is 0 Å². The number of benzene rings is 1. The number of ether oxygens (including phenoxy) is 2. The molecule has 0 atom stereocenters. The van der Waals surface area contributed by atoms with Gasteiger partial charge in [-0.3, -0.25) is 0 Å². The van der Waals surface area contributed by atoms with Gasteiger partial charge in [0.05, 0.1) is 20.8 Å². The second kappa shape index (κ2) is 6.41. The number of halogens is 1. The Morgan fingerprint density at radius 3 is 2.28 bits per heavy atom. The smallest absolute Gasteiger partial charge is 0.161 e. The summed E-state index contributed by atoms with van der Waals surface area (Å²) in [6, 6.07) is 3.80. The van der Waals surface area contributed by atoms with E-state index in [1.54, 1.807) is 14.2 Å². The van der Waals surface area contributed by atoms with E-state index in [4.69, 9.17) is 9.47 Å². The van der Waals surface area contributed by atoms with Gasteiger partial charge < -0.3 is 19.9 Å². The van der Waals surface area contributed by atoms with Crippen LogP contribution in [0.1, 0.15) is 19.4 Å². The van der Waals surface area contributed by atoms with Crippen LogP contribution in [0.4, 0.5) is 0 Å². The fourth-order valence-electron chi connectivity index (χ4n) is 1.42. The lowest BCUT2D eigenvalue weighted by Crippen LogP contribution is -2.42. The topological polar surface area (TPSA) is 50.7 Å². The first kappa shape index (κ1) is 15.3. The van der Waals surface area contributed by atoms with Gasteiger partial charge in [0.2, 0.25) is 0 Å². The first-order valence-corrected chi connectivity index (χ1v) is 6.49. The lowest BCUT2D eigenvalue weighted by Gasteiger charge is -2.24. The molecule has 0 radical (unpaired) electrons. The molecule has 0 heterocycles. The quantitative estimate of drug-likeness (QED) is 0.845. The third-order valence-corrected chi connectivity index (χ3v) is 3.44. The molecule has 1 aromatic carbocycles. The van der Waals surface area contributed by atoms with Gasteiger partial charge in [-0.15, -0.1) is 0 Å². The molecule has 0 saturated heterocycles. The SMILES string of the molecule is COc1cc(Br)c(CNC(C)(C)CO)cc1OC.